The molecule has 166 valence electrons. The van der Waals surface area contributed by atoms with Crippen LogP contribution in [0, 0.1) is 0 Å². The highest BCUT2D eigenvalue weighted by Crippen LogP contribution is 2.48. The standard InChI is InChI=1S/C22H34N2O5Si/c1-14(2)30(15(3)4,16(5)6)24-19(21(26)28-7)18(20(24)25)23-22(27)29-13-17-11-9-8-10-12-17/h8-12,14-16,18-19H,13H2,1-7H3,(H,23,27)/t18-,19-/m0/s1. The zero-order valence-corrected chi connectivity index (χ0v) is 20.0. The lowest BCUT2D eigenvalue weighted by atomic mass is 9.99. The van der Waals surface area contributed by atoms with Crippen LogP contribution in [0.15, 0.2) is 30.3 Å². The van der Waals surface area contributed by atoms with Crippen molar-refractivity contribution < 1.29 is 23.9 Å². The SMILES string of the molecule is COC(=O)[C@@H]1[C@H](NC(=O)OCc2ccccc2)C(=O)N1[Si](C(C)C)(C(C)C)C(C)C. The van der Waals surface area contributed by atoms with Gasteiger partial charge in [-0.3, -0.25) is 4.79 Å². The third-order valence-corrected chi connectivity index (χ3v) is 13.1. The van der Waals surface area contributed by atoms with E-state index in [1.807, 2.05) is 30.3 Å². The number of carbonyl (C=O) groups is 3. The van der Waals surface area contributed by atoms with E-state index in [0.29, 0.717) is 0 Å². The van der Waals surface area contributed by atoms with Gasteiger partial charge in [-0.05, 0) is 22.2 Å². The van der Waals surface area contributed by atoms with Crippen molar-refractivity contribution in [2.45, 2.75) is 76.9 Å². The summed E-state index contributed by atoms with van der Waals surface area (Å²) in [5, 5.41) is 2.59. The van der Waals surface area contributed by atoms with Crippen LogP contribution in [0.1, 0.15) is 47.1 Å². The molecule has 2 atom stereocenters. The number of hydrogen-bond acceptors (Lipinski definition) is 5. The van der Waals surface area contributed by atoms with Crippen molar-refractivity contribution in [3.63, 3.8) is 0 Å². The molecule has 1 aromatic rings. The van der Waals surface area contributed by atoms with Crippen LogP contribution in [0.25, 0.3) is 0 Å². The summed E-state index contributed by atoms with van der Waals surface area (Å²) in [4.78, 5) is 38.2. The number of ether oxygens (including phenoxy) is 2. The largest absolute Gasteiger partial charge is 0.467 e. The summed E-state index contributed by atoms with van der Waals surface area (Å²) in [6.07, 6.45) is -0.725. The lowest BCUT2D eigenvalue weighted by Gasteiger charge is -2.59. The van der Waals surface area contributed by atoms with Crippen LogP contribution >= 0.6 is 0 Å². The first-order valence-corrected chi connectivity index (χ1v) is 12.6. The van der Waals surface area contributed by atoms with Gasteiger partial charge in [0.2, 0.25) is 5.91 Å². The lowest BCUT2D eigenvalue weighted by molar-refractivity contribution is -0.162. The van der Waals surface area contributed by atoms with Gasteiger partial charge in [-0.25, -0.2) is 9.59 Å². The number of alkyl carbamates (subject to hydrolysis) is 1. The first-order valence-electron chi connectivity index (χ1n) is 10.5. The molecule has 2 amide bonds. The van der Waals surface area contributed by atoms with E-state index < -0.39 is 32.4 Å². The summed E-state index contributed by atoms with van der Waals surface area (Å²) >= 11 is 0. The molecule has 0 aromatic heterocycles. The molecule has 1 fully saturated rings. The number of nitrogens with one attached hydrogen (secondary N) is 1. The van der Waals surface area contributed by atoms with Crippen molar-refractivity contribution in [1.29, 1.82) is 0 Å². The van der Waals surface area contributed by atoms with Crippen LogP contribution in [-0.2, 0) is 25.7 Å². The van der Waals surface area contributed by atoms with Gasteiger partial charge in [0.1, 0.15) is 12.6 Å². The van der Waals surface area contributed by atoms with Gasteiger partial charge in [0.15, 0.2) is 14.3 Å². The average molecular weight is 435 g/mol. The fourth-order valence-electron chi connectivity index (χ4n) is 5.15. The summed E-state index contributed by atoms with van der Waals surface area (Å²) < 4.78 is 12.0. The van der Waals surface area contributed by atoms with Gasteiger partial charge < -0.3 is 19.4 Å². The zero-order valence-electron chi connectivity index (χ0n) is 19.0. The quantitative estimate of drug-likeness (QED) is 0.382. The summed E-state index contributed by atoms with van der Waals surface area (Å²) in [5.41, 5.74) is 1.54. The first-order chi connectivity index (χ1) is 14.1. The normalized spacial score (nSPS) is 19.1. The second-order valence-electron chi connectivity index (χ2n) is 8.71. The predicted molar refractivity (Wildman–Crippen MR) is 117 cm³/mol. The number of β-lactam (4-membered cyclic amide) rings is 1. The summed E-state index contributed by atoms with van der Waals surface area (Å²) in [6.45, 7) is 12.8. The molecule has 2 rings (SSSR count). The Kier molecular flexibility index (Phi) is 7.68. The van der Waals surface area contributed by atoms with Crippen LogP contribution in [0.3, 0.4) is 0 Å². The lowest BCUT2D eigenvalue weighted by Crippen LogP contribution is -2.82. The number of esters is 1. The molecule has 8 heteroatoms. The summed E-state index contributed by atoms with van der Waals surface area (Å²) in [5.74, 6) is -0.744. The Bertz CT molecular complexity index is 744. The van der Waals surface area contributed by atoms with Crippen molar-refractivity contribution in [2.24, 2.45) is 0 Å². The zero-order chi connectivity index (χ0) is 22.6. The van der Waals surface area contributed by atoms with E-state index in [4.69, 9.17) is 9.47 Å². The van der Waals surface area contributed by atoms with Gasteiger partial charge in [0.05, 0.1) is 7.11 Å². The minimum atomic E-state index is -2.42. The van der Waals surface area contributed by atoms with Crippen molar-refractivity contribution in [3.8, 4) is 0 Å². The van der Waals surface area contributed by atoms with E-state index in [1.165, 1.54) is 7.11 Å². The molecule has 1 aliphatic rings. The molecule has 30 heavy (non-hydrogen) atoms. The van der Waals surface area contributed by atoms with Crippen LogP contribution in [0.5, 0.6) is 0 Å². The molecular weight excluding hydrogens is 400 g/mol. The highest BCUT2D eigenvalue weighted by molar-refractivity contribution is 6.83. The Morgan fingerprint density at radius 3 is 2.03 bits per heavy atom. The van der Waals surface area contributed by atoms with E-state index in [9.17, 15) is 14.4 Å². The monoisotopic (exact) mass is 434 g/mol. The fraction of sp³-hybridized carbons (Fsp3) is 0.591. The number of benzene rings is 1. The van der Waals surface area contributed by atoms with E-state index in [2.05, 4.69) is 46.9 Å². The Labute approximate surface area is 180 Å². The maximum absolute atomic E-state index is 13.2. The highest BCUT2D eigenvalue weighted by Gasteiger charge is 2.64. The molecule has 0 unspecified atom stereocenters. The molecule has 1 N–H and O–H groups in total. The van der Waals surface area contributed by atoms with E-state index >= 15 is 0 Å². The van der Waals surface area contributed by atoms with E-state index in [-0.39, 0.29) is 29.1 Å². The minimum Gasteiger partial charge on any atom is -0.467 e. The van der Waals surface area contributed by atoms with Crippen LogP contribution in [0.2, 0.25) is 16.6 Å². The molecule has 1 aliphatic heterocycles. The third-order valence-electron chi connectivity index (χ3n) is 6.22. The van der Waals surface area contributed by atoms with Crippen molar-refractivity contribution in [3.05, 3.63) is 35.9 Å². The highest BCUT2D eigenvalue weighted by atomic mass is 28.3. The molecule has 7 nitrogen and oxygen atoms in total. The van der Waals surface area contributed by atoms with Gasteiger partial charge in [-0.1, -0.05) is 71.9 Å². The number of methoxy groups -OCH3 is 1. The van der Waals surface area contributed by atoms with Gasteiger partial charge in [0.25, 0.3) is 0 Å². The molecule has 0 saturated carbocycles. The number of carbonyl (C=O) groups excluding carboxylic acids is 3. The summed E-state index contributed by atoms with van der Waals surface area (Å²) in [6, 6.07) is 7.47. The molecule has 1 saturated heterocycles. The molecule has 0 aliphatic carbocycles. The third kappa shape index (κ3) is 4.24. The number of rotatable bonds is 8. The van der Waals surface area contributed by atoms with Gasteiger partial charge in [-0.2, -0.15) is 0 Å². The van der Waals surface area contributed by atoms with Crippen LogP contribution < -0.4 is 5.32 Å². The molecule has 0 spiro atoms. The smallest absolute Gasteiger partial charge is 0.408 e. The Morgan fingerprint density at radius 1 is 1.03 bits per heavy atom. The molecular formula is C22H34N2O5Si. The first kappa shape index (κ1) is 23.9. The Hall–Kier alpha value is -2.35. The molecule has 1 aromatic carbocycles. The van der Waals surface area contributed by atoms with Gasteiger partial charge in [-0.15, -0.1) is 0 Å². The van der Waals surface area contributed by atoms with Crippen molar-refractivity contribution in [2.75, 3.05) is 7.11 Å². The maximum Gasteiger partial charge on any atom is 0.408 e. The Balaban J connectivity index is 2.23. The summed E-state index contributed by atoms with van der Waals surface area (Å²) in [7, 11) is -1.12. The minimum absolute atomic E-state index is 0.0862. The molecule has 1 heterocycles. The maximum atomic E-state index is 13.2. The fourth-order valence-corrected chi connectivity index (χ4v) is 12.1. The van der Waals surface area contributed by atoms with Gasteiger partial charge >= 0.3 is 12.1 Å². The van der Waals surface area contributed by atoms with Crippen LogP contribution in [0.4, 0.5) is 4.79 Å². The average Bonchev–Trinajstić information content (AvgIpc) is 2.70. The van der Waals surface area contributed by atoms with Gasteiger partial charge in [0, 0.05) is 0 Å². The molecule has 0 radical (unpaired) electrons. The Morgan fingerprint density at radius 2 is 1.57 bits per heavy atom. The number of hydrogen-bond donors (Lipinski definition) is 1. The van der Waals surface area contributed by atoms with E-state index in [1.54, 1.807) is 4.57 Å². The molecule has 0 bridgehead atoms. The second-order valence-corrected chi connectivity index (χ2v) is 14.4. The van der Waals surface area contributed by atoms with E-state index in [0.717, 1.165) is 5.56 Å². The topological polar surface area (TPSA) is 84.9 Å². The van der Waals surface area contributed by atoms with Crippen LogP contribution in [-0.4, -0.2) is 50.0 Å². The number of nitrogens with zero attached hydrogens (tertiary/aromatic N) is 1. The van der Waals surface area contributed by atoms with Crippen molar-refractivity contribution >= 4 is 26.2 Å². The predicted octanol–water partition coefficient (Wildman–Crippen LogP) is 3.84. The second kappa shape index (κ2) is 9.64. The van der Waals surface area contributed by atoms with Crippen molar-refractivity contribution in [1.82, 2.24) is 9.88 Å². The number of amides is 2.